The van der Waals surface area contributed by atoms with Gasteiger partial charge in [-0.2, -0.15) is 0 Å². The fourth-order valence-corrected chi connectivity index (χ4v) is 3.80. The molecule has 0 spiro atoms. The smallest absolute Gasteiger partial charge is 0.410 e. The molecule has 0 radical (unpaired) electrons. The number of aromatic nitrogens is 1. The third kappa shape index (κ3) is 6.28. The summed E-state index contributed by atoms with van der Waals surface area (Å²) >= 11 is 3.77. The van der Waals surface area contributed by atoms with Gasteiger partial charge in [0, 0.05) is 25.1 Å². The van der Waals surface area contributed by atoms with Gasteiger partial charge in [-0.15, -0.1) is 12.6 Å². The summed E-state index contributed by atoms with van der Waals surface area (Å²) < 4.78 is 5.29. The first-order valence-corrected chi connectivity index (χ1v) is 10.5. The van der Waals surface area contributed by atoms with E-state index in [0.717, 1.165) is 0 Å². The third-order valence-electron chi connectivity index (χ3n) is 5.12. The average molecular weight is 488 g/mol. The van der Waals surface area contributed by atoms with E-state index in [-0.39, 0.29) is 54.2 Å². The molecule has 0 bridgehead atoms. The topological polar surface area (TPSA) is 169 Å². The summed E-state index contributed by atoms with van der Waals surface area (Å²) in [5.74, 6) is -2.21. The lowest BCUT2D eigenvalue weighted by Gasteiger charge is -2.23. The van der Waals surface area contributed by atoms with Crippen molar-refractivity contribution in [3.63, 3.8) is 0 Å². The molecule has 3 rings (SSSR count). The van der Waals surface area contributed by atoms with Crippen molar-refractivity contribution in [2.45, 2.75) is 25.5 Å². The van der Waals surface area contributed by atoms with Gasteiger partial charge in [0.25, 0.3) is 5.69 Å². The number of hydrogen-bond acceptors (Lipinski definition) is 8. The van der Waals surface area contributed by atoms with Gasteiger partial charge in [0.05, 0.1) is 4.92 Å². The molecule has 1 saturated heterocycles. The van der Waals surface area contributed by atoms with Crippen LogP contribution in [0.4, 0.5) is 16.3 Å². The number of non-ortho nitro benzene ring substituents is 1. The Kier molecular flexibility index (Phi) is 7.79. The standard InChI is InChI=1S/C21H20N4O8S/c26-18(34)9-13-8-16(19(27)23-17-3-1-2-15(22-17)20(28)29)24(10-13)21(30)33-11-12-4-6-14(7-5-12)25(31)32/h1-7,13,16H,8-11H2,(H,26,34)(H,28,29)(H,22,23,27)/t13-,16+/m0/s1. The number of aromatic carboxylic acids is 1. The summed E-state index contributed by atoms with van der Waals surface area (Å²) in [5.41, 5.74) is 0.143. The molecule has 1 aliphatic rings. The van der Waals surface area contributed by atoms with Crippen molar-refractivity contribution in [2.75, 3.05) is 11.9 Å². The Hall–Kier alpha value is -4.00. The van der Waals surface area contributed by atoms with E-state index in [9.17, 15) is 29.3 Å². The van der Waals surface area contributed by atoms with Gasteiger partial charge in [-0.05, 0) is 42.2 Å². The van der Waals surface area contributed by atoms with Gasteiger partial charge in [0.1, 0.15) is 18.5 Å². The highest BCUT2D eigenvalue weighted by Crippen LogP contribution is 2.28. The quantitative estimate of drug-likeness (QED) is 0.287. The molecular formula is C21H20N4O8S. The average Bonchev–Trinajstić information content (AvgIpc) is 3.21. The molecule has 0 unspecified atom stereocenters. The second kappa shape index (κ2) is 10.7. The van der Waals surface area contributed by atoms with Crippen molar-refractivity contribution in [2.24, 2.45) is 5.92 Å². The number of carbonyl (C=O) groups is 4. The number of nitro groups is 1. The number of nitrogens with one attached hydrogen (secondary N) is 1. The summed E-state index contributed by atoms with van der Waals surface area (Å²) in [6.45, 7) is -0.105. The molecule has 2 heterocycles. The number of rotatable bonds is 8. The Morgan fingerprint density at radius 3 is 2.53 bits per heavy atom. The maximum Gasteiger partial charge on any atom is 0.410 e. The number of nitro benzene ring substituents is 1. The highest BCUT2D eigenvalue weighted by atomic mass is 32.1. The highest BCUT2D eigenvalue weighted by molar-refractivity contribution is 7.96. The predicted molar refractivity (Wildman–Crippen MR) is 120 cm³/mol. The summed E-state index contributed by atoms with van der Waals surface area (Å²) in [6, 6.07) is 8.56. The molecule has 1 aromatic heterocycles. The van der Waals surface area contributed by atoms with Crippen molar-refractivity contribution in [1.29, 1.82) is 0 Å². The van der Waals surface area contributed by atoms with Crippen molar-refractivity contribution >= 4 is 47.2 Å². The second-order valence-corrected chi connectivity index (χ2v) is 8.05. The summed E-state index contributed by atoms with van der Waals surface area (Å²) in [5, 5.41) is 21.9. The fourth-order valence-electron chi connectivity index (χ4n) is 3.54. The first kappa shape index (κ1) is 24.6. The zero-order chi connectivity index (χ0) is 24.8. The minimum atomic E-state index is -1.26. The van der Waals surface area contributed by atoms with E-state index in [1.807, 2.05) is 0 Å². The summed E-state index contributed by atoms with van der Waals surface area (Å²) in [6.07, 6.45) is -0.588. The normalized spacial score (nSPS) is 17.1. The first-order valence-electron chi connectivity index (χ1n) is 10.0. The monoisotopic (exact) mass is 488 g/mol. The van der Waals surface area contributed by atoms with Crippen LogP contribution >= 0.6 is 12.6 Å². The van der Waals surface area contributed by atoms with Gasteiger partial charge in [0.15, 0.2) is 10.8 Å². The molecule has 0 saturated carbocycles. The van der Waals surface area contributed by atoms with Crippen LogP contribution in [0.3, 0.4) is 0 Å². The Morgan fingerprint density at radius 1 is 1.21 bits per heavy atom. The summed E-state index contributed by atoms with van der Waals surface area (Å²) in [4.78, 5) is 63.4. The number of benzene rings is 1. The maximum absolute atomic E-state index is 12.9. The van der Waals surface area contributed by atoms with E-state index in [1.54, 1.807) is 0 Å². The zero-order valence-electron chi connectivity index (χ0n) is 17.6. The van der Waals surface area contributed by atoms with E-state index in [4.69, 9.17) is 9.84 Å². The van der Waals surface area contributed by atoms with Crippen molar-refractivity contribution in [3.05, 3.63) is 63.8 Å². The molecule has 12 nitrogen and oxygen atoms in total. The van der Waals surface area contributed by atoms with Crippen molar-refractivity contribution in [1.82, 2.24) is 9.88 Å². The van der Waals surface area contributed by atoms with Gasteiger partial charge in [0.2, 0.25) is 5.91 Å². The molecule has 0 aliphatic carbocycles. The molecule has 2 atom stereocenters. The first-order chi connectivity index (χ1) is 16.1. The fraction of sp³-hybridized carbons (Fsp3) is 0.286. The molecule has 1 aromatic carbocycles. The minimum absolute atomic E-state index is 0.00202. The highest BCUT2D eigenvalue weighted by Gasteiger charge is 2.41. The third-order valence-corrected chi connectivity index (χ3v) is 5.30. The minimum Gasteiger partial charge on any atom is -0.477 e. The van der Waals surface area contributed by atoms with E-state index in [0.29, 0.717) is 5.56 Å². The number of carboxylic acid groups (broad SMARTS) is 1. The van der Waals surface area contributed by atoms with Gasteiger partial charge < -0.3 is 15.2 Å². The van der Waals surface area contributed by atoms with E-state index >= 15 is 0 Å². The summed E-state index contributed by atoms with van der Waals surface area (Å²) in [7, 11) is 0. The molecule has 34 heavy (non-hydrogen) atoms. The molecule has 2 aromatic rings. The van der Waals surface area contributed by atoms with Gasteiger partial charge in [-0.3, -0.25) is 24.6 Å². The predicted octanol–water partition coefficient (Wildman–Crippen LogP) is 2.50. The van der Waals surface area contributed by atoms with Crippen LogP contribution in [0, 0.1) is 16.0 Å². The van der Waals surface area contributed by atoms with Gasteiger partial charge >= 0.3 is 12.1 Å². The van der Waals surface area contributed by atoms with Crippen molar-refractivity contribution in [3.8, 4) is 0 Å². The number of ether oxygens (including phenoxy) is 1. The molecular weight excluding hydrogens is 468 g/mol. The lowest BCUT2D eigenvalue weighted by atomic mass is 10.0. The molecule has 1 fully saturated rings. The van der Waals surface area contributed by atoms with Gasteiger partial charge in [-0.1, -0.05) is 6.07 Å². The largest absolute Gasteiger partial charge is 0.477 e. The van der Waals surface area contributed by atoms with Crippen LogP contribution in [0.25, 0.3) is 0 Å². The number of pyridine rings is 1. The van der Waals surface area contributed by atoms with Crippen LogP contribution in [0.5, 0.6) is 0 Å². The SMILES string of the molecule is O=C(S)C[C@@H]1C[C@H](C(=O)Nc2cccc(C(=O)O)n2)N(C(=O)OCc2ccc([N+](=O)[O-])cc2)C1. The molecule has 2 N–H and O–H groups in total. The van der Waals surface area contributed by atoms with E-state index < -0.39 is 28.9 Å². The number of nitrogens with zero attached hydrogens (tertiary/aromatic N) is 3. The number of amides is 2. The second-order valence-electron chi connectivity index (χ2n) is 7.55. The molecule has 2 amide bonds. The van der Waals surface area contributed by atoms with Gasteiger partial charge in [-0.25, -0.2) is 14.6 Å². The van der Waals surface area contributed by atoms with Crippen LogP contribution in [0.15, 0.2) is 42.5 Å². The lowest BCUT2D eigenvalue weighted by molar-refractivity contribution is -0.384. The van der Waals surface area contributed by atoms with Crippen LogP contribution in [0.1, 0.15) is 28.9 Å². The number of carboxylic acids is 1. The van der Waals surface area contributed by atoms with Crippen LogP contribution < -0.4 is 5.32 Å². The van der Waals surface area contributed by atoms with Crippen LogP contribution in [-0.2, 0) is 20.9 Å². The van der Waals surface area contributed by atoms with E-state index in [1.165, 1.54) is 47.4 Å². The number of carbonyl (C=O) groups excluding carboxylic acids is 3. The number of likely N-dealkylation sites (tertiary alicyclic amines) is 1. The zero-order valence-corrected chi connectivity index (χ0v) is 18.5. The van der Waals surface area contributed by atoms with Crippen LogP contribution in [0.2, 0.25) is 0 Å². The van der Waals surface area contributed by atoms with E-state index in [2.05, 4.69) is 22.9 Å². The lowest BCUT2D eigenvalue weighted by Crippen LogP contribution is -2.43. The number of anilines is 1. The Balaban J connectivity index is 1.70. The molecule has 178 valence electrons. The Bertz CT molecular complexity index is 1120. The maximum atomic E-state index is 12.9. The van der Waals surface area contributed by atoms with Crippen molar-refractivity contribution < 1.29 is 33.9 Å². The molecule has 13 heteroatoms. The Morgan fingerprint density at radius 2 is 1.91 bits per heavy atom. The molecule has 1 aliphatic heterocycles. The number of hydrogen-bond donors (Lipinski definition) is 3. The number of thiol groups is 1. The van der Waals surface area contributed by atoms with Crippen LogP contribution in [-0.4, -0.2) is 55.6 Å². The Labute approximate surface area is 198 Å².